The van der Waals surface area contributed by atoms with Gasteiger partial charge in [-0.25, -0.2) is 0 Å². The molecule has 3 aromatic carbocycles. The van der Waals surface area contributed by atoms with Crippen LogP contribution in [0.1, 0.15) is 21.5 Å². The smallest absolute Gasteiger partial charge is 0.0715 e. The van der Waals surface area contributed by atoms with Gasteiger partial charge >= 0.3 is 0 Å². The highest BCUT2D eigenvalue weighted by atomic mass is 16.4. The van der Waals surface area contributed by atoms with Gasteiger partial charge in [0.25, 0.3) is 0 Å². The van der Waals surface area contributed by atoms with E-state index in [4.69, 9.17) is 0 Å². The third-order valence-corrected chi connectivity index (χ3v) is 4.01. The second-order valence-electron chi connectivity index (χ2n) is 5.73. The molecule has 114 valence electrons. The molecule has 0 bridgehead atoms. The Morgan fingerprint density at radius 2 is 1.48 bits per heavy atom. The molecule has 0 N–H and O–H groups in total. The number of aryl methyl sites for hydroxylation is 2. The van der Waals surface area contributed by atoms with Crippen molar-refractivity contribution in [2.45, 2.75) is 13.8 Å². The van der Waals surface area contributed by atoms with Crippen LogP contribution in [0.5, 0.6) is 0 Å². The van der Waals surface area contributed by atoms with E-state index in [1.54, 1.807) is 12.1 Å². The molecule has 0 saturated heterocycles. The molecule has 0 radical (unpaired) electrons. The van der Waals surface area contributed by atoms with E-state index in [-0.39, 0.29) is 5.56 Å². The number of carbonyl (C=O) groups is 1. The lowest BCUT2D eigenvalue weighted by Crippen LogP contribution is -2.22. The van der Waals surface area contributed by atoms with Crippen molar-refractivity contribution in [1.29, 1.82) is 0 Å². The molecule has 0 spiro atoms. The van der Waals surface area contributed by atoms with Gasteiger partial charge < -0.3 is 9.90 Å². The molecule has 0 amide bonds. The van der Waals surface area contributed by atoms with Gasteiger partial charge in [-0.2, -0.15) is 0 Å². The number of benzene rings is 3. The molecular formula is C21H17O2-. The number of rotatable bonds is 3. The van der Waals surface area contributed by atoms with E-state index in [0.717, 1.165) is 27.8 Å². The van der Waals surface area contributed by atoms with Gasteiger partial charge in [0.05, 0.1) is 5.97 Å². The minimum absolute atomic E-state index is 0.194. The lowest BCUT2D eigenvalue weighted by Gasteiger charge is -2.15. The highest BCUT2D eigenvalue weighted by molar-refractivity contribution is 5.93. The summed E-state index contributed by atoms with van der Waals surface area (Å²) in [5, 5.41) is 11.3. The number of carboxylic acid groups (broad SMARTS) is 1. The van der Waals surface area contributed by atoms with Crippen LogP contribution in [0, 0.1) is 13.8 Å². The molecule has 23 heavy (non-hydrogen) atoms. The summed E-state index contributed by atoms with van der Waals surface area (Å²) in [5.41, 5.74) is 6.53. The quantitative estimate of drug-likeness (QED) is 0.733. The van der Waals surface area contributed by atoms with E-state index in [2.05, 4.69) is 6.07 Å². The van der Waals surface area contributed by atoms with Crippen molar-refractivity contribution < 1.29 is 9.90 Å². The molecule has 0 aliphatic rings. The lowest BCUT2D eigenvalue weighted by molar-refractivity contribution is -0.255. The van der Waals surface area contributed by atoms with Crippen LogP contribution in [0.2, 0.25) is 0 Å². The zero-order chi connectivity index (χ0) is 16.4. The summed E-state index contributed by atoms with van der Waals surface area (Å²) in [5.74, 6) is -1.16. The number of hydrogen-bond donors (Lipinski definition) is 0. The third kappa shape index (κ3) is 3.02. The van der Waals surface area contributed by atoms with Crippen molar-refractivity contribution in [2.75, 3.05) is 0 Å². The van der Waals surface area contributed by atoms with Crippen LogP contribution in [-0.4, -0.2) is 5.97 Å². The third-order valence-electron chi connectivity index (χ3n) is 4.01. The maximum atomic E-state index is 11.3. The van der Waals surface area contributed by atoms with Gasteiger partial charge in [0, 0.05) is 0 Å². The second kappa shape index (κ2) is 6.09. The Morgan fingerprint density at radius 1 is 0.783 bits per heavy atom. The Morgan fingerprint density at radius 3 is 2.13 bits per heavy atom. The molecule has 0 saturated carbocycles. The van der Waals surface area contributed by atoms with Gasteiger partial charge in [0.2, 0.25) is 0 Å². The summed E-state index contributed by atoms with van der Waals surface area (Å²) < 4.78 is 0. The molecule has 0 aliphatic heterocycles. The normalized spacial score (nSPS) is 10.5. The van der Waals surface area contributed by atoms with E-state index in [1.807, 2.05) is 62.4 Å². The average molecular weight is 301 g/mol. The fraction of sp³-hybridized carbons (Fsp3) is 0.0952. The number of carbonyl (C=O) groups excluding carboxylic acids is 1. The Balaban J connectivity index is 2.27. The largest absolute Gasteiger partial charge is 0.545 e. The summed E-state index contributed by atoms with van der Waals surface area (Å²) in [4.78, 5) is 11.3. The Bertz CT molecular complexity index is 864. The lowest BCUT2D eigenvalue weighted by atomic mass is 9.90. The monoisotopic (exact) mass is 301 g/mol. The SMILES string of the molecule is Cc1ccc(-c2cc(C(=O)[O-])ccc2-c2ccccc2)c(C)c1. The van der Waals surface area contributed by atoms with Crippen molar-refractivity contribution in [2.24, 2.45) is 0 Å². The minimum atomic E-state index is -1.16. The molecule has 0 atom stereocenters. The van der Waals surface area contributed by atoms with Crippen LogP contribution in [0.15, 0.2) is 66.7 Å². The highest BCUT2D eigenvalue weighted by Crippen LogP contribution is 2.34. The van der Waals surface area contributed by atoms with Crippen molar-refractivity contribution in [3.8, 4) is 22.3 Å². The molecule has 2 nitrogen and oxygen atoms in total. The molecule has 2 heteroatoms. The maximum absolute atomic E-state index is 11.3. The Labute approximate surface area is 136 Å². The standard InChI is InChI=1S/C21H18O2/c1-14-8-10-18(15(2)12-14)20-13-17(21(22)23)9-11-19(20)16-6-4-3-5-7-16/h3-13H,1-2H3,(H,22,23)/p-1. The number of hydrogen-bond acceptors (Lipinski definition) is 2. The summed E-state index contributed by atoms with van der Waals surface area (Å²) in [6.07, 6.45) is 0. The molecule has 0 fully saturated rings. The molecule has 0 aromatic heterocycles. The van der Waals surface area contributed by atoms with Gasteiger partial charge in [-0.15, -0.1) is 0 Å². The summed E-state index contributed by atoms with van der Waals surface area (Å²) in [6, 6.07) is 21.3. The first-order valence-electron chi connectivity index (χ1n) is 7.54. The fourth-order valence-corrected chi connectivity index (χ4v) is 2.88. The van der Waals surface area contributed by atoms with Crippen LogP contribution in [0.3, 0.4) is 0 Å². The zero-order valence-corrected chi connectivity index (χ0v) is 13.2. The second-order valence-corrected chi connectivity index (χ2v) is 5.73. The Kier molecular flexibility index (Phi) is 3.98. The number of aromatic carboxylic acids is 1. The molecule has 0 unspecified atom stereocenters. The highest BCUT2D eigenvalue weighted by Gasteiger charge is 2.11. The van der Waals surface area contributed by atoms with Crippen molar-refractivity contribution in [1.82, 2.24) is 0 Å². The minimum Gasteiger partial charge on any atom is -0.545 e. The van der Waals surface area contributed by atoms with Gasteiger partial charge in [-0.3, -0.25) is 0 Å². The van der Waals surface area contributed by atoms with Gasteiger partial charge in [-0.1, -0.05) is 66.2 Å². The van der Waals surface area contributed by atoms with E-state index < -0.39 is 5.97 Å². The van der Waals surface area contributed by atoms with Crippen molar-refractivity contribution in [3.05, 3.63) is 83.4 Å². The first-order chi connectivity index (χ1) is 11.1. The average Bonchev–Trinajstić information content (AvgIpc) is 2.55. The first kappa shape index (κ1) is 15.0. The number of carboxylic acids is 1. The van der Waals surface area contributed by atoms with E-state index >= 15 is 0 Å². The van der Waals surface area contributed by atoms with Crippen molar-refractivity contribution >= 4 is 5.97 Å². The van der Waals surface area contributed by atoms with Crippen LogP contribution in [0.25, 0.3) is 22.3 Å². The molecule has 3 rings (SSSR count). The van der Waals surface area contributed by atoms with Crippen molar-refractivity contribution in [3.63, 3.8) is 0 Å². The van der Waals surface area contributed by atoms with Crippen LogP contribution < -0.4 is 5.11 Å². The van der Waals surface area contributed by atoms with Gasteiger partial charge in [0.1, 0.15) is 0 Å². The zero-order valence-electron chi connectivity index (χ0n) is 13.2. The summed E-state index contributed by atoms with van der Waals surface area (Å²) in [6.45, 7) is 4.09. The molecule has 3 aromatic rings. The molecule has 0 heterocycles. The summed E-state index contributed by atoms with van der Waals surface area (Å²) in [7, 11) is 0. The van der Waals surface area contributed by atoms with E-state index in [1.165, 1.54) is 5.56 Å². The van der Waals surface area contributed by atoms with Crippen LogP contribution >= 0.6 is 0 Å². The predicted octanol–water partition coefficient (Wildman–Crippen LogP) is 4.00. The molecule has 0 aliphatic carbocycles. The maximum Gasteiger partial charge on any atom is 0.0715 e. The predicted molar refractivity (Wildman–Crippen MR) is 91.1 cm³/mol. The van der Waals surface area contributed by atoms with E-state index in [0.29, 0.717) is 0 Å². The van der Waals surface area contributed by atoms with Gasteiger partial charge in [0.15, 0.2) is 0 Å². The van der Waals surface area contributed by atoms with Crippen LogP contribution in [-0.2, 0) is 0 Å². The van der Waals surface area contributed by atoms with Gasteiger partial charge in [-0.05, 0) is 53.3 Å². The topological polar surface area (TPSA) is 40.1 Å². The van der Waals surface area contributed by atoms with E-state index in [9.17, 15) is 9.90 Å². The fourth-order valence-electron chi connectivity index (χ4n) is 2.88. The first-order valence-corrected chi connectivity index (χ1v) is 7.54. The Hall–Kier alpha value is -2.87. The van der Waals surface area contributed by atoms with Crippen LogP contribution in [0.4, 0.5) is 0 Å². The summed E-state index contributed by atoms with van der Waals surface area (Å²) >= 11 is 0. The molecular weight excluding hydrogens is 284 g/mol.